The van der Waals surface area contributed by atoms with Crippen LogP contribution in [0.4, 0.5) is 5.69 Å². The molecule has 0 atom stereocenters. The first-order valence-electron chi connectivity index (χ1n) is 11.7. The standard InChI is InChI=1S/C25H29N5O6/c1-15-12-17(23(32)29-10-6-5-7-11-29)21-22(26-15)28(2)25(34)30(24(21)33)14-20(31)27-16-8-9-18(35-3)19(13-16)36-4/h8-9,12-13H,5-7,10-11,14H2,1-4H3,(H,27,31). The molecule has 0 bridgehead atoms. The molecule has 0 saturated carbocycles. The number of aromatic nitrogens is 3. The van der Waals surface area contributed by atoms with Crippen molar-refractivity contribution in [2.75, 3.05) is 32.6 Å². The number of pyridine rings is 1. The lowest BCUT2D eigenvalue weighted by atomic mass is 10.1. The number of anilines is 1. The minimum Gasteiger partial charge on any atom is -0.493 e. The number of carbonyl (C=O) groups excluding carboxylic acids is 2. The van der Waals surface area contributed by atoms with Crippen LogP contribution in [-0.2, 0) is 18.4 Å². The second kappa shape index (κ2) is 10.2. The lowest BCUT2D eigenvalue weighted by Crippen LogP contribution is -2.43. The summed E-state index contributed by atoms with van der Waals surface area (Å²) in [6.07, 6.45) is 2.84. The maximum Gasteiger partial charge on any atom is 0.332 e. The van der Waals surface area contributed by atoms with Crippen LogP contribution in [0, 0.1) is 6.92 Å². The second-order valence-corrected chi connectivity index (χ2v) is 8.71. The Morgan fingerprint density at radius 3 is 2.39 bits per heavy atom. The first kappa shape index (κ1) is 25.0. The summed E-state index contributed by atoms with van der Waals surface area (Å²) < 4.78 is 12.5. The van der Waals surface area contributed by atoms with Gasteiger partial charge in [0, 0.05) is 37.6 Å². The van der Waals surface area contributed by atoms with Crippen LogP contribution in [0.2, 0.25) is 0 Å². The minimum absolute atomic E-state index is 0.0252. The molecule has 2 aromatic heterocycles. The Kier molecular flexibility index (Phi) is 7.09. The van der Waals surface area contributed by atoms with Crippen molar-refractivity contribution in [1.82, 2.24) is 19.0 Å². The fourth-order valence-electron chi connectivity index (χ4n) is 4.44. The van der Waals surface area contributed by atoms with Gasteiger partial charge in [0.2, 0.25) is 5.91 Å². The number of nitrogens with zero attached hydrogens (tertiary/aromatic N) is 4. The SMILES string of the molecule is COc1ccc(NC(=O)Cn2c(=O)c3c(C(=O)N4CCCCC4)cc(C)nc3n(C)c2=O)cc1OC. The third-order valence-electron chi connectivity index (χ3n) is 6.27. The van der Waals surface area contributed by atoms with Crippen molar-refractivity contribution in [3.63, 3.8) is 0 Å². The van der Waals surface area contributed by atoms with Crippen LogP contribution >= 0.6 is 0 Å². The predicted octanol–water partition coefficient (Wildman–Crippen LogP) is 1.69. The van der Waals surface area contributed by atoms with Crippen molar-refractivity contribution in [1.29, 1.82) is 0 Å². The molecular weight excluding hydrogens is 466 g/mol. The first-order chi connectivity index (χ1) is 17.2. The summed E-state index contributed by atoms with van der Waals surface area (Å²) in [5.41, 5.74) is -0.216. The van der Waals surface area contributed by atoms with Crippen LogP contribution < -0.4 is 26.0 Å². The number of hydrogen-bond donors (Lipinski definition) is 1. The Labute approximate surface area is 207 Å². The highest BCUT2D eigenvalue weighted by molar-refractivity contribution is 6.05. The smallest absolute Gasteiger partial charge is 0.332 e. The number of rotatable bonds is 6. The fourth-order valence-corrected chi connectivity index (χ4v) is 4.44. The molecule has 1 aromatic carbocycles. The van der Waals surface area contributed by atoms with Gasteiger partial charge in [-0.2, -0.15) is 0 Å². The molecule has 1 aliphatic heterocycles. The molecule has 0 unspecified atom stereocenters. The number of fused-ring (bicyclic) bond motifs is 1. The van der Waals surface area contributed by atoms with Gasteiger partial charge < -0.3 is 19.7 Å². The molecule has 3 heterocycles. The van der Waals surface area contributed by atoms with E-state index >= 15 is 0 Å². The third kappa shape index (κ3) is 4.68. The molecule has 0 spiro atoms. The van der Waals surface area contributed by atoms with E-state index < -0.39 is 23.7 Å². The monoisotopic (exact) mass is 495 g/mol. The van der Waals surface area contributed by atoms with Gasteiger partial charge in [0.25, 0.3) is 11.5 Å². The Hall–Kier alpha value is -4.15. The molecule has 190 valence electrons. The topological polar surface area (TPSA) is 125 Å². The Morgan fingerprint density at radius 1 is 1.03 bits per heavy atom. The van der Waals surface area contributed by atoms with Crippen molar-refractivity contribution < 1.29 is 19.1 Å². The molecule has 1 saturated heterocycles. The fraction of sp³-hybridized carbons (Fsp3) is 0.400. The normalized spacial score (nSPS) is 13.5. The van der Waals surface area contributed by atoms with Gasteiger partial charge in [-0.3, -0.25) is 23.5 Å². The van der Waals surface area contributed by atoms with E-state index in [1.54, 1.807) is 36.1 Å². The van der Waals surface area contributed by atoms with Gasteiger partial charge in [0.1, 0.15) is 12.2 Å². The van der Waals surface area contributed by atoms with Gasteiger partial charge in [-0.05, 0) is 44.4 Å². The summed E-state index contributed by atoms with van der Waals surface area (Å²) in [6, 6.07) is 6.38. The molecule has 0 aliphatic carbocycles. The number of piperidine rings is 1. The van der Waals surface area contributed by atoms with Crippen LogP contribution in [0.25, 0.3) is 11.0 Å². The van der Waals surface area contributed by atoms with Crippen LogP contribution in [0.5, 0.6) is 11.5 Å². The molecule has 2 amide bonds. The predicted molar refractivity (Wildman–Crippen MR) is 134 cm³/mol. The Morgan fingerprint density at radius 2 is 1.72 bits per heavy atom. The van der Waals surface area contributed by atoms with Gasteiger partial charge in [0.05, 0.1) is 25.2 Å². The molecule has 1 aliphatic rings. The summed E-state index contributed by atoms with van der Waals surface area (Å²) in [5, 5.41) is 2.69. The summed E-state index contributed by atoms with van der Waals surface area (Å²) in [7, 11) is 4.44. The van der Waals surface area contributed by atoms with E-state index in [1.165, 1.54) is 25.8 Å². The number of ether oxygens (including phenoxy) is 2. The largest absolute Gasteiger partial charge is 0.493 e. The van der Waals surface area contributed by atoms with Gasteiger partial charge in [0.15, 0.2) is 11.5 Å². The molecular formula is C25H29N5O6. The van der Waals surface area contributed by atoms with E-state index in [1.807, 2.05) is 0 Å². The lowest BCUT2D eigenvalue weighted by molar-refractivity contribution is -0.116. The highest BCUT2D eigenvalue weighted by Gasteiger charge is 2.25. The number of amides is 2. The van der Waals surface area contributed by atoms with Crippen molar-refractivity contribution in [3.05, 3.63) is 56.4 Å². The molecule has 0 radical (unpaired) electrons. The number of nitrogens with one attached hydrogen (secondary N) is 1. The molecule has 36 heavy (non-hydrogen) atoms. The Balaban J connectivity index is 1.73. The number of benzene rings is 1. The zero-order valence-electron chi connectivity index (χ0n) is 20.8. The van der Waals surface area contributed by atoms with E-state index in [2.05, 4.69) is 10.3 Å². The van der Waals surface area contributed by atoms with Gasteiger partial charge in [-0.25, -0.2) is 9.78 Å². The van der Waals surface area contributed by atoms with E-state index in [-0.39, 0.29) is 22.5 Å². The molecule has 11 nitrogen and oxygen atoms in total. The molecule has 3 aromatic rings. The molecule has 4 rings (SSSR count). The highest BCUT2D eigenvalue weighted by Crippen LogP contribution is 2.29. The molecule has 1 fully saturated rings. The second-order valence-electron chi connectivity index (χ2n) is 8.71. The number of likely N-dealkylation sites (tertiary alicyclic amines) is 1. The van der Waals surface area contributed by atoms with Crippen molar-refractivity contribution in [3.8, 4) is 11.5 Å². The van der Waals surface area contributed by atoms with E-state index in [0.717, 1.165) is 23.8 Å². The number of hydrogen-bond acceptors (Lipinski definition) is 7. The van der Waals surface area contributed by atoms with Crippen LogP contribution in [0.3, 0.4) is 0 Å². The van der Waals surface area contributed by atoms with Crippen molar-refractivity contribution in [2.24, 2.45) is 7.05 Å². The summed E-state index contributed by atoms with van der Waals surface area (Å²) in [4.78, 5) is 58.8. The summed E-state index contributed by atoms with van der Waals surface area (Å²) in [5.74, 6) is 0.0345. The van der Waals surface area contributed by atoms with Crippen molar-refractivity contribution >= 4 is 28.5 Å². The highest BCUT2D eigenvalue weighted by atomic mass is 16.5. The van der Waals surface area contributed by atoms with E-state index in [4.69, 9.17) is 9.47 Å². The van der Waals surface area contributed by atoms with E-state index in [0.29, 0.717) is 36.0 Å². The Bertz CT molecular complexity index is 1450. The summed E-state index contributed by atoms with van der Waals surface area (Å²) >= 11 is 0. The van der Waals surface area contributed by atoms with Crippen LogP contribution in [-0.4, -0.2) is 58.1 Å². The first-order valence-corrected chi connectivity index (χ1v) is 11.7. The number of carbonyl (C=O) groups is 2. The van der Waals surface area contributed by atoms with Gasteiger partial charge >= 0.3 is 5.69 Å². The molecule has 1 N–H and O–H groups in total. The zero-order valence-corrected chi connectivity index (χ0v) is 20.8. The maximum atomic E-state index is 13.5. The van der Waals surface area contributed by atoms with Crippen LogP contribution in [0.15, 0.2) is 33.9 Å². The van der Waals surface area contributed by atoms with Crippen LogP contribution in [0.1, 0.15) is 35.3 Å². The third-order valence-corrected chi connectivity index (χ3v) is 6.27. The number of methoxy groups -OCH3 is 2. The minimum atomic E-state index is -0.733. The van der Waals surface area contributed by atoms with Gasteiger partial charge in [-0.15, -0.1) is 0 Å². The summed E-state index contributed by atoms with van der Waals surface area (Å²) in [6.45, 7) is 2.38. The molecule has 11 heteroatoms. The lowest BCUT2D eigenvalue weighted by Gasteiger charge is -2.27. The quantitative estimate of drug-likeness (QED) is 0.552. The maximum absolute atomic E-state index is 13.5. The van der Waals surface area contributed by atoms with Gasteiger partial charge in [-0.1, -0.05) is 0 Å². The average molecular weight is 496 g/mol. The number of aryl methyl sites for hydroxylation is 2. The van der Waals surface area contributed by atoms with E-state index in [9.17, 15) is 19.2 Å². The van der Waals surface area contributed by atoms with Crippen molar-refractivity contribution in [2.45, 2.75) is 32.7 Å². The zero-order chi connectivity index (χ0) is 26.0. The average Bonchev–Trinajstić information content (AvgIpc) is 2.89.